The van der Waals surface area contributed by atoms with Crippen molar-refractivity contribution in [1.82, 2.24) is 0 Å². The summed E-state index contributed by atoms with van der Waals surface area (Å²) in [6.45, 7) is 3.02. The summed E-state index contributed by atoms with van der Waals surface area (Å²) in [7, 11) is 0.0844. The van der Waals surface area contributed by atoms with Gasteiger partial charge < -0.3 is 0 Å². The zero-order valence-electron chi connectivity index (χ0n) is 10.5. The van der Waals surface area contributed by atoms with Gasteiger partial charge in [-0.05, 0) is 37.1 Å². The van der Waals surface area contributed by atoms with Crippen LogP contribution in [0.25, 0.3) is 0 Å². The Morgan fingerprint density at radius 3 is 1.42 bits per heavy atom. The molecule has 0 radical (unpaired) electrons. The van der Waals surface area contributed by atoms with Gasteiger partial charge >= 0.3 is 0 Å². The van der Waals surface area contributed by atoms with E-state index in [9.17, 15) is 17.6 Å². The third kappa shape index (κ3) is 2.80. The van der Waals surface area contributed by atoms with E-state index >= 15 is 0 Å². The van der Waals surface area contributed by atoms with Crippen molar-refractivity contribution < 1.29 is 17.6 Å². The van der Waals surface area contributed by atoms with Crippen LogP contribution in [0.1, 0.15) is 11.1 Å². The molecule has 0 spiro atoms. The summed E-state index contributed by atoms with van der Waals surface area (Å²) in [6, 6.07) is 3.94. The number of hydrogen-bond acceptors (Lipinski definition) is 0. The molecular weight excluding hydrogens is 255 g/mol. The summed E-state index contributed by atoms with van der Waals surface area (Å²) >= 11 is 0. The lowest BCUT2D eigenvalue weighted by Crippen LogP contribution is -2.32. The van der Waals surface area contributed by atoms with Gasteiger partial charge in [0.25, 0.3) is 0 Å². The Kier molecular flexibility index (Phi) is 3.65. The van der Waals surface area contributed by atoms with Crippen molar-refractivity contribution in [1.29, 1.82) is 0 Å². The SMILES string of the molecule is Cc1c(F)cc(F)cc1Bc1cc(F)cc(F)c1C. The lowest BCUT2D eigenvalue weighted by molar-refractivity contribution is 0.579. The fourth-order valence-electron chi connectivity index (χ4n) is 1.97. The smallest absolute Gasteiger partial charge is 0.193 e. The van der Waals surface area contributed by atoms with Crippen LogP contribution >= 0.6 is 0 Å². The first-order valence-corrected chi connectivity index (χ1v) is 5.77. The highest BCUT2D eigenvalue weighted by molar-refractivity contribution is 6.68. The monoisotopic (exact) mass is 266 g/mol. The first-order valence-electron chi connectivity index (χ1n) is 5.77. The summed E-state index contributed by atoms with van der Waals surface area (Å²) < 4.78 is 53.2. The van der Waals surface area contributed by atoms with Crippen molar-refractivity contribution in [3.05, 3.63) is 58.7 Å². The second kappa shape index (κ2) is 5.07. The van der Waals surface area contributed by atoms with Crippen molar-refractivity contribution in [3.8, 4) is 0 Å². The number of rotatable bonds is 2. The van der Waals surface area contributed by atoms with Crippen molar-refractivity contribution in [3.63, 3.8) is 0 Å². The Bertz CT molecular complexity index is 582. The quantitative estimate of drug-likeness (QED) is 0.577. The number of hydrogen-bond donors (Lipinski definition) is 0. The summed E-state index contributed by atoms with van der Waals surface area (Å²) in [5.41, 5.74) is 1.33. The summed E-state index contributed by atoms with van der Waals surface area (Å²) in [6.07, 6.45) is 0. The van der Waals surface area contributed by atoms with Gasteiger partial charge in [-0.25, -0.2) is 17.6 Å². The van der Waals surface area contributed by atoms with Gasteiger partial charge in [0.15, 0.2) is 7.28 Å². The molecule has 98 valence electrons. The molecule has 0 fully saturated rings. The summed E-state index contributed by atoms with van der Waals surface area (Å²) in [5, 5.41) is 0. The predicted octanol–water partition coefficient (Wildman–Crippen LogP) is 2.25. The Labute approximate surface area is 109 Å². The molecule has 0 atom stereocenters. The summed E-state index contributed by atoms with van der Waals surface area (Å²) in [5.74, 6) is -2.73. The molecule has 0 bridgehead atoms. The van der Waals surface area contributed by atoms with Crippen molar-refractivity contribution in [2.45, 2.75) is 13.8 Å². The Morgan fingerprint density at radius 1 is 0.684 bits per heavy atom. The lowest BCUT2D eigenvalue weighted by Gasteiger charge is -2.09. The minimum atomic E-state index is -0.701. The van der Waals surface area contributed by atoms with Crippen LogP contribution in [0.3, 0.4) is 0 Å². The number of halogens is 4. The van der Waals surface area contributed by atoms with Crippen LogP contribution in [-0.2, 0) is 0 Å². The van der Waals surface area contributed by atoms with Gasteiger partial charge in [-0.15, -0.1) is 0 Å². The average Bonchev–Trinajstić information content (AvgIpc) is 2.31. The molecule has 2 rings (SSSR count). The molecule has 19 heavy (non-hydrogen) atoms. The molecule has 0 N–H and O–H groups in total. The summed E-state index contributed by atoms with van der Waals surface area (Å²) in [4.78, 5) is 0. The third-order valence-corrected chi connectivity index (χ3v) is 3.21. The van der Waals surface area contributed by atoms with E-state index in [0.29, 0.717) is 10.9 Å². The zero-order valence-corrected chi connectivity index (χ0v) is 10.5. The van der Waals surface area contributed by atoms with Gasteiger partial charge in [0.05, 0.1) is 0 Å². The topological polar surface area (TPSA) is 0 Å². The van der Waals surface area contributed by atoms with E-state index in [-0.39, 0.29) is 18.4 Å². The Balaban J connectivity index is 2.47. The van der Waals surface area contributed by atoms with Crippen molar-refractivity contribution in [2.24, 2.45) is 0 Å². The molecule has 0 nitrogen and oxygen atoms in total. The van der Waals surface area contributed by atoms with Gasteiger partial charge in [-0.2, -0.15) is 0 Å². The first kappa shape index (κ1) is 13.7. The highest BCUT2D eigenvalue weighted by Gasteiger charge is 2.13. The molecule has 0 amide bonds. The maximum atomic E-state index is 13.4. The van der Waals surface area contributed by atoms with E-state index in [1.807, 2.05) is 0 Å². The predicted molar refractivity (Wildman–Crippen MR) is 68.6 cm³/mol. The highest BCUT2D eigenvalue weighted by Crippen LogP contribution is 2.08. The van der Waals surface area contributed by atoms with Gasteiger partial charge in [0.2, 0.25) is 0 Å². The van der Waals surface area contributed by atoms with E-state index in [4.69, 9.17) is 0 Å². The molecule has 0 saturated heterocycles. The van der Waals surface area contributed by atoms with Crippen molar-refractivity contribution >= 4 is 18.2 Å². The molecule has 0 unspecified atom stereocenters. The van der Waals surface area contributed by atoms with Gasteiger partial charge in [0, 0.05) is 12.1 Å². The van der Waals surface area contributed by atoms with Crippen LogP contribution in [0, 0.1) is 37.1 Å². The van der Waals surface area contributed by atoms with E-state index < -0.39 is 23.3 Å². The molecule has 0 aliphatic rings. The molecular formula is C14H11BF4. The van der Waals surface area contributed by atoms with Gasteiger partial charge in [0.1, 0.15) is 23.3 Å². The fourth-order valence-corrected chi connectivity index (χ4v) is 1.97. The van der Waals surface area contributed by atoms with Crippen LogP contribution in [-0.4, -0.2) is 7.28 Å². The minimum absolute atomic E-state index is 0.0844. The number of benzene rings is 2. The first-order chi connectivity index (χ1) is 8.88. The molecule has 0 aliphatic carbocycles. The molecule has 0 heterocycles. The van der Waals surface area contributed by atoms with Gasteiger partial charge in [-0.3, -0.25) is 0 Å². The van der Waals surface area contributed by atoms with E-state index in [2.05, 4.69) is 0 Å². The van der Waals surface area contributed by atoms with Crippen LogP contribution in [0.2, 0.25) is 0 Å². The maximum absolute atomic E-state index is 13.4. The fraction of sp³-hybridized carbons (Fsp3) is 0.143. The molecule has 0 aliphatic heterocycles. The standard InChI is InChI=1S/C14H11BF4/c1-7-11(3-9(16)5-13(7)18)15-12-4-10(17)6-14(19)8(12)2/h3-6,15H,1-2H3. The van der Waals surface area contributed by atoms with Crippen LogP contribution < -0.4 is 10.9 Å². The Hall–Kier alpha value is -1.78. The lowest BCUT2D eigenvalue weighted by atomic mass is 9.61. The van der Waals surface area contributed by atoms with E-state index in [1.165, 1.54) is 26.0 Å². The van der Waals surface area contributed by atoms with Crippen LogP contribution in [0.5, 0.6) is 0 Å². The van der Waals surface area contributed by atoms with Crippen LogP contribution in [0.4, 0.5) is 17.6 Å². The normalized spacial score (nSPS) is 10.6. The average molecular weight is 266 g/mol. The van der Waals surface area contributed by atoms with Crippen molar-refractivity contribution in [2.75, 3.05) is 0 Å². The van der Waals surface area contributed by atoms with Crippen LogP contribution in [0.15, 0.2) is 24.3 Å². The maximum Gasteiger partial charge on any atom is 0.193 e. The Morgan fingerprint density at radius 2 is 1.05 bits per heavy atom. The molecule has 0 saturated carbocycles. The minimum Gasteiger partial charge on any atom is -0.207 e. The largest absolute Gasteiger partial charge is 0.207 e. The molecule has 2 aromatic rings. The molecule has 0 aromatic heterocycles. The molecule has 2 aromatic carbocycles. The van der Waals surface area contributed by atoms with E-state index in [0.717, 1.165) is 12.1 Å². The third-order valence-electron chi connectivity index (χ3n) is 3.21. The van der Waals surface area contributed by atoms with E-state index in [1.54, 1.807) is 0 Å². The second-order valence-electron chi connectivity index (χ2n) is 4.52. The second-order valence-corrected chi connectivity index (χ2v) is 4.52. The zero-order chi connectivity index (χ0) is 14.2. The molecule has 5 heteroatoms. The van der Waals surface area contributed by atoms with Gasteiger partial charge in [-0.1, -0.05) is 10.9 Å². The highest BCUT2D eigenvalue weighted by atomic mass is 19.1.